The SMILES string of the molecule is CCNc1ccc(S(=O)(=O)NCc2nncn2C)cn1. The van der Waals surface area contributed by atoms with E-state index in [1.54, 1.807) is 17.7 Å². The number of sulfonamides is 1. The lowest BCUT2D eigenvalue weighted by atomic mass is 10.4. The molecule has 0 saturated carbocycles. The second-order valence-electron chi connectivity index (χ2n) is 4.09. The average molecular weight is 296 g/mol. The van der Waals surface area contributed by atoms with Gasteiger partial charge in [0.2, 0.25) is 10.0 Å². The molecule has 0 unspecified atom stereocenters. The number of hydrogen-bond donors (Lipinski definition) is 2. The van der Waals surface area contributed by atoms with Gasteiger partial charge in [0.25, 0.3) is 0 Å². The lowest BCUT2D eigenvalue weighted by Crippen LogP contribution is -2.25. The normalized spacial score (nSPS) is 11.5. The van der Waals surface area contributed by atoms with Crippen LogP contribution in [-0.2, 0) is 23.6 Å². The highest BCUT2D eigenvalue weighted by Crippen LogP contribution is 2.10. The van der Waals surface area contributed by atoms with Crippen LogP contribution in [0.5, 0.6) is 0 Å². The van der Waals surface area contributed by atoms with Crippen LogP contribution in [0, 0.1) is 0 Å². The van der Waals surface area contributed by atoms with Crippen molar-refractivity contribution in [3.05, 3.63) is 30.5 Å². The largest absolute Gasteiger partial charge is 0.370 e. The maximum absolute atomic E-state index is 12.1. The van der Waals surface area contributed by atoms with Crippen molar-refractivity contribution in [2.45, 2.75) is 18.4 Å². The highest BCUT2D eigenvalue weighted by Gasteiger charge is 2.15. The van der Waals surface area contributed by atoms with Gasteiger partial charge in [0, 0.05) is 19.8 Å². The molecular weight excluding hydrogens is 280 g/mol. The van der Waals surface area contributed by atoms with Gasteiger partial charge in [0.05, 0.1) is 6.54 Å². The minimum atomic E-state index is -3.61. The van der Waals surface area contributed by atoms with Crippen molar-refractivity contribution >= 4 is 15.8 Å². The summed E-state index contributed by atoms with van der Waals surface area (Å²) in [6, 6.07) is 3.13. The molecule has 0 aromatic carbocycles. The van der Waals surface area contributed by atoms with Gasteiger partial charge >= 0.3 is 0 Å². The monoisotopic (exact) mass is 296 g/mol. The molecule has 2 N–H and O–H groups in total. The maximum atomic E-state index is 12.1. The van der Waals surface area contributed by atoms with E-state index in [-0.39, 0.29) is 11.4 Å². The molecule has 0 atom stereocenters. The van der Waals surface area contributed by atoms with E-state index in [4.69, 9.17) is 0 Å². The predicted molar refractivity (Wildman–Crippen MR) is 73.4 cm³/mol. The summed E-state index contributed by atoms with van der Waals surface area (Å²) in [5.74, 6) is 1.17. The molecule has 8 nitrogen and oxygen atoms in total. The van der Waals surface area contributed by atoms with Gasteiger partial charge in [-0.05, 0) is 19.1 Å². The summed E-state index contributed by atoms with van der Waals surface area (Å²) in [7, 11) is -1.86. The molecule has 0 amide bonds. The van der Waals surface area contributed by atoms with Crippen molar-refractivity contribution < 1.29 is 8.42 Å². The quantitative estimate of drug-likeness (QED) is 0.785. The molecule has 0 bridgehead atoms. The van der Waals surface area contributed by atoms with Gasteiger partial charge < -0.3 is 9.88 Å². The molecule has 2 rings (SSSR count). The number of nitrogens with one attached hydrogen (secondary N) is 2. The molecule has 0 spiro atoms. The molecule has 2 aromatic rings. The Hall–Kier alpha value is -2.00. The number of aromatic nitrogens is 4. The third kappa shape index (κ3) is 3.31. The molecule has 0 saturated heterocycles. The van der Waals surface area contributed by atoms with Crippen molar-refractivity contribution in [2.24, 2.45) is 7.05 Å². The van der Waals surface area contributed by atoms with Gasteiger partial charge in [0.1, 0.15) is 22.9 Å². The topological polar surface area (TPSA) is 102 Å². The van der Waals surface area contributed by atoms with Gasteiger partial charge in [-0.2, -0.15) is 0 Å². The third-order valence-electron chi connectivity index (χ3n) is 2.63. The fraction of sp³-hybridized carbons (Fsp3) is 0.364. The highest BCUT2D eigenvalue weighted by molar-refractivity contribution is 7.89. The van der Waals surface area contributed by atoms with Crippen LogP contribution in [0.25, 0.3) is 0 Å². The van der Waals surface area contributed by atoms with Crippen LogP contribution in [0.2, 0.25) is 0 Å². The van der Waals surface area contributed by atoms with Crippen molar-refractivity contribution in [2.75, 3.05) is 11.9 Å². The molecule has 0 aliphatic rings. The minimum Gasteiger partial charge on any atom is -0.370 e. The van der Waals surface area contributed by atoms with Gasteiger partial charge in [-0.3, -0.25) is 0 Å². The minimum absolute atomic E-state index is 0.0772. The predicted octanol–water partition coefficient (Wildman–Crippen LogP) is 0.120. The molecule has 0 fully saturated rings. The van der Waals surface area contributed by atoms with E-state index < -0.39 is 10.0 Å². The van der Waals surface area contributed by atoms with Crippen molar-refractivity contribution in [3.8, 4) is 0 Å². The fourth-order valence-corrected chi connectivity index (χ4v) is 2.46. The lowest BCUT2D eigenvalue weighted by Gasteiger charge is -2.07. The number of anilines is 1. The Morgan fingerprint density at radius 1 is 1.35 bits per heavy atom. The summed E-state index contributed by atoms with van der Waals surface area (Å²) in [6.45, 7) is 2.74. The smallest absolute Gasteiger partial charge is 0.242 e. The molecular formula is C11H16N6O2S. The van der Waals surface area contributed by atoms with E-state index in [9.17, 15) is 8.42 Å². The number of hydrogen-bond acceptors (Lipinski definition) is 6. The van der Waals surface area contributed by atoms with Crippen molar-refractivity contribution in [1.29, 1.82) is 0 Å². The van der Waals surface area contributed by atoms with Crippen LogP contribution in [0.4, 0.5) is 5.82 Å². The number of nitrogens with zero attached hydrogens (tertiary/aromatic N) is 4. The first kappa shape index (κ1) is 14.4. The summed E-state index contributed by atoms with van der Waals surface area (Å²) in [6.07, 6.45) is 2.83. The second kappa shape index (κ2) is 5.97. The fourth-order valence-electron chi connectivity index (χ4n) is 1.54. The maximum Gasteiger partial charge on any atom is 0.242 e. The van der Waals surface area contributed by atoms with E-state index in [0.717, 1.165) is 6.54 Å². The molecule has 0 aliphatic heterocycles. The summed E-state index contributed by atoms with van der Waals surface area (Å²) in [4.78, 5) is 4.15. The summed E-state index contributed by atoms with van der Waals surface area (Å²) < 4.78 is 28.3. The Morgan fingerprint density at radius 3 is 2.70 bits per heavy atom. The van der Waals surface area contributed by atoms with Crippen LogP contribution in [0.15, 0.2) is 29.6 Å². The second-order valence-corrected chi connectivity index (χ2v) is 5.86. The first-order valence-electron chi connectivity index (χ1n) is 6.05. The first-order chi connectivity index (χ1) is 9.53. The number of rotatable bonds is 6. The lowest BCUT2D eigenvalue weighted by molar-refractivity contribution is 0.577. The third-order valence-corrected chi connectivity index (χ3v) is 4.02. The van der Waals surface area contributed by atoms with E-state index in [0.29, 0.717) is 11.6 Å². The molecule has 0 radical (unpaired) electrons. The van der Waals surface area contributed by atoms with Crippen molar-refractivity contribution in [3.63, 3.8) is 0 Å². The zero-order chi connectivity index (χ0) is 14.6. The molecule has 2 aromatic heterocycles. The Balaban J connectivity index is 2.08. The van der Waals surface area contributed by atoms with Gasteiger partial charge in [-0.15, -0.1) is 10.2 Å². The molecule has 9 heteroatoms. The Labute approximate surface area is 117 Å². The zero-order valence-electron chi connectivity index (χ0n) is 11.2. The average Bonchev–Trinajstić information content (AvgIpc) is 2.83. The number of aryl methyl sites for hydroxylation is 1. The van der Waals surface area contributed by atoms with Gasteiger partial charge in [-0.1, -0.05) is 0 Å². The van der Waals surface area contributed by atoms with Crippen LogP contribution < -0.4 is 10.0 Å². The molecule has 2 heterocycles. The standard InChI is InChI=1S/C11H16N6O2S/c1-3-12-10-5-4-9(6-13-10)20(18,19)15-7-11-16-14-8-17(11)2/h4-6,8,15H,3,7H2,1-2H3,(H,12,13). The van der Waals surface area contributed by atoms with Crippen LogP contribution >= 0.6 is 0 Å². The van der Waals surface area contributed by atoms with E-state index in [1.165, 1.54) is 18.6 Å². The van der Waals surface area contributed by atoms with Gasteiger partial charge in [-0.25, -0.2) is 18.1 Å². The highest BCUT2D eigenvalue weighted by atomic mass is 32.2. The summed E-state index contributed by atoms with van der Waals surface area (Å²) >= 11 is 0. The van der Waals surface area contributed by atoms with E-state index in [1.807, 2.05) is 6.92 Å². The van der Waals surface area contributed by atoms with E-state index in [2.05, 4.69) is 25.2 Å². The molecule has 108 valence electrons. The van der Waals surface area contributed by atoms with Crippen LogP contribution in [-0.4, -0.2) is 34.7 Å². The molecule has 0 aliphatic carbocycles. The summed E-state index contributed by atoms with van der Waals surface area (Å²) in [5, 5.41) is 10.5. The number of pyridine rings is 1. The zero-order valence-corrected chi connectivity index (χ0v) is 12.1. The first-order valence-corrected chi connectivity index (χ1v) is 7.53. The Morgan fingerprint density at radius 2 is 2.15 bits per heavy atom. The summed E-state index contributed by atoms with van der Waals surface area (Å²) in [5.41, 5.74) is 0. The van der Waals surface area contributed by atoms with Crippen LogP contribution in [0.3, 0.4) is 0 Å². The van der Waals surface area contributed by atoms with Crippen LogP contribution in [0.1, 0.15) is 12.7 Å². The van der Waals surface area contributed by atoms with E-state index >= 15 is 0 Å². The van der Waals surface area contributed by atoms with Crippen molar-refractivity contribution in [1.82, 2.24) is 24.5 Å². The van der Waals surface area contributed by atoms with Gasteiger partial charge in [0.15, 0.2) is 0 Å². The Bertz CT molecular complexity index is 664. The Kier molecular flexibility index (Phi) is 4.30. The molecule has 20 heavy (non-hydrogen) atoms.